The molecule has 0 aliphatic carbocycles. The molecule has 7 heteroatoms. The molecule has 6 nitrogen and oxygen atoms in total. The van der Waals surface area contributed by atoms with E-state index in [0.29, 0.717) is 17.2 Å². The first kappa shape index (κ1) is 19.9. The number of aryl methyl sites for hydroxylation is 1. The number of nitrogens with zero attached hydrogens (tertiary/aromatic N) is 4. The lowest BCUT2D eigenvalue weighted by Crippen LogP contribution is -2.34. The van der Waals surface area contributed by atoms with Crippen LogP contribution in [0.2, 0.25) is 5.02 Å². The van der Waals surface area contributed by atoms with E-state index in [4.69, 9.17) is 21.4 Å². The van der Waals surface area contributed by atoms with Gasteiger partial charge in [-0.3, -0.25) is 4.90 Å². The summed E-state index contributed by atoms with van der Waals surface area (Å²) < 4.78 is 7.08. The number of fused-ring (bicyclic) bond motifs is 1. The highest BCUT2D eigenvalue weighted by molar-refractivity contribution is 6.38. The van der Waals surface area contributed by atoms with E-state index < -0.39 is 5.97 Å². The molecule has 4 rings (SSSR count). The summed E-state index contributed by atoms with van der Waals surface area (Å²) in [6.45, 7) is 6.96. The molecular weight excluding hydrogens is 388 g/mol. The molecule has 3 aromatic rings. The number of hydrogen-bond donors (Lipinski definition) is 0. The second-order valence-electron chi connectivity index (χ2n) is 7.43. The number of ether oxygens (including phenoxy) is 1. The monoisotopic (exact) mass is 412 g/mol. The maximum absolute atomic E-state index is 12.1. The van der Waals surface area contributed by atoms with Gasteiger partial charge in [-0.1, -0.05) is 41.9 Å². The molecule has 0 spiro atoms. The summed E-state index contributed by atoms with van der Waals surface area (Å²) in [4.78, 5) is 19.1. The lowest BCUT2D eigenvalue weighted by atomic mass is 10.0. The number of piperidine rings is 1. The van der Waals surface area contributed by atoms with Gasteiger partial charge in [-0.05, 0) is 32.3 Å². The van der Waals surface area contributed by atoms with Gasteiger partial charge in [-0.25, -0.2) is 14.5 Å². The number of benzene rings is 1. The molecule has 1 fully saturated rings. The Morgan fingerprint density at radius 1 is 1.24 bits per heavy atom. The predicted molar refractivity (Wildman–Crippen MR) is 113 cm³/mol. The average molecular weight is 413 g/mol. The third kappa shape index (κ3) is 4.00. The number of halogens is 1. The molecule has 1 saturated heterocycles. The molecule has 1 aromatic carbocycles. The van der Waals surface area contributed by atoms with Crippen molar-refractivity contribution in [1.29, 1.82) is 0 Å². The van der Waals surface area contributed by atoms with Crippen LogP contribution in [0.1, 0.15) is 47.4 Å². The molecule has 0 bridgehead atoms. The number of hydrogen-bond acceptors (Lipinski definition) is 5. The van der Waals surface area contributed by atoms with Gasteiger partial charge in [0.1, 0.15) is 0 Å². The van der Waals surface area contributed by atoms with Crippen LogP contribution < -0.4 is 0 Å². The molecule has 29 heavy (non-hydrogen) atoms. The summed E-state index contributed by atoms with van der Waals surface area (Å²) in [7, 11) is 0. The van der Waals surface area contributed by atoms with E-state index in [1.54, 1.807) is 6.92 Å². The smallest absolute Gasteiger partial charge is 0.341 e. The maximum atomic E-state index is 12.1. The van der Waals surface area contributed by atoms with Crippen LogP contribution in [-0.4, -0.2) is 45.3 Å². The lowest BCUT2D eigenvalue weighted by Gasteiger charge is -2.32. The molecule has 0 saturated carbocycles. The molecule has 0 amide bonds. The van der Waals surface area contributed by atoms with Crippen molar-refractivity contribution in [3.05, 3.63) is 58.4 Å². The van der Waals surface area contributed by atoms with Gasteiger partial charge in [0.2, 0.25) is 0 Å². The number of pyridine rings is 1. The van der Waals surface area contributed by atoms with E-state index in [9.17, 15) is 4.79 Å². The Morgan fingerprint density at radius 2 is 1.97 bits per heavy atom. The Balaban J connectivity index is 1.53. The van der Waals surface area contributed by atoms with E-state index in [1.165, 1.54) is 11.8 Å². The highest BCUT2D eigenvalue weighted by Crippen LogP contribution is 2.33. The molecule has 0 radical (unpaired) electrons. The molecule has 0 atom stereocenters. The van der Waals surface area contributed by atoms with Crippen molar-refractivity contribution < 1.29 is 9.53 Å². The third-order valence-corrected chi connectivity index (χ3v) is 5.87. The fraction of sp³-hybridized carbons (Fsp3) is 0.409. The second kappa shape index (κ2) is 8.51. The van der Waals surface area contributed by atoms with E-state index in [-0.39, 0.29) is 6.04 Å². The predicted octanol–water partition coefficient (Wildman–Crippen LogP) is 4.41. The summed E-state index contributed by atoms with van der Waals surface area (Å²) in [5, 5.41) is 5.84. The van der Waals surface area contributed by atoms with Crippen molar-refractivity contribution in [2.75, 3.05) is 19.7 Å². The maximum Gasteiger partial charge on any atom is 0.341 e. The number of rotatable bonds is 5. The minimum atomic E-state index is -0.451. The molecule has 0 unspecified atom stereocenters. The molecule has 152 valence electrons. The van der Waals surface area contributed by atoms with Gasteiger partial charge in [0.15, 0.2) is 5.65 Å². The largest absolute Gasteiger partial charge is 0.462 e. The molecule has 3 heterocycles. The van der Waals surface area contributed by atoms with Crippen LogP contribution in [0.15, 0.2) is 36.5 Å². The van der Waals surface area contributed by atoms with E-state index in [0.717, 1.165) is 49.2 Å². The van der Waals surface area contributed by atoms with Crippen molar-refractivity contribution >= 4 is 28.6 Å². The number of carbonyl (C=O) groups is 1. The summed E-state index contributed by atoms with van der Waals surface area (Å²) in [5.41, 5.74) is 3.16. The van der Waals surface area contributed by atoms with Crippen molar-refractivity contribution in [2.45, 2.75) is 39.3 Å². The van der Waals surface area contributed by atoms with E-state index in [1.807, 2.05) is 17.7 Å². The number of aromatic nitrogens is 3. The topological polar surface area (TPSA) is 60.2 Å². The first-order valence-electron chi connectivity index (χ1n) is 10.0. The molecule has 1 aliphatic heterocycles. The van der Waals surface area contributed by atoms with Crippen LogP contribution in [-0.2, 0) is 11.3 Å². The third-order valence-electron chi connectivity index (χ3n) is 5.48. The minimum Gasteiger partial charge on any atom is -0.462 e. The second-order valence-corrected chi connectivity index (χ2v) is 7.81. The summed E-state index contributed by atoms with van der Waals surface area (Å²) in [6.07, 6.45) is 3.51. The number of likely N-dealkylation sites (tertiary alicyclic amines) is 1. The van der Waals surface area contributed by atoms with E-state index >= 15 is 0 Å². The Kier molecular flexibility index (Phi) is 5.83. The molecule has 1 aliphatic rings. The number of carbonyl (C=O) groups excluding carboxylic acids is 1. The van der Waals surface area contributed by atoms with Crippen molar-refractivity contribution in [1.82, 2.24) is 19.7 Å². The van der Waals surface area contributed by atoms with Crippen LogP contribution in [0, 0.1) is 6.92 Å². The van der Waals surface area contributed by atoms with Gasteiger partial charge in [-0.2, -0.15) is 5.10 Å². The number of esters is 1. The van der Waals surface area contributed by atoms with Crippen LogP contribution in [0.25, 0.3) is 11.0 Å². The van der Waals surface area contributed by atoms with Gasteiger partial charge >= 0.3 is 5.97 Å². The fourth-order valence-electron chi connectivity index (χ4n) is 4.00. The SMILES string of the molecule is CCOC(=O)c1cnc2c(c(C)nn2C2CCN(Cc3ccccc3)CC2)c1Cl. The zero-order valence-corrected chi connectivity index (χ0v) is 17.5. The van der Waals surface area contributed by atoms with Crippen molar-refractivity contribution in [2.24, 2.45) is 0 Å². The highest BCUT2D eigenvalue weighted by Gasteiger charge is 2.26. The Hall–Kier alpha value is -2.44. The van der Waals surface area contributed by atoms with Gasteiger partial charge in [-0.15, -0.1) is 0 Å². The molecule has 2 aromatic heterocycles. The summed E-state index contributed by atoms with van der Waals surface area (Å²) >= 11 is 6.54. The van der Waals surface area contributed by atoms with Gasteiger partial charge in [0.05, 0.1) is 34.3 Å². The Bertz CT molecular complexity index is 1010. The van der Waals surface area contributed by atoms with E-state index in [2.05, 4.69) is 34.1 Å². The minimum absolute atomic E-state index is 0.273. The summed E-state index contributed by atoms with van der Waals surface area (Å²) in [6, 6.07) is 10.8. The first-order chi connectivity index (χ1) is 14.1. The Labute approximate surface area is 175 Å². The fourth-order valence-corrected chi connectivity index (χ4v) is 4.35. The standard InChI is InChI=1S/C22H25ClN4O2/c1-3-29-22(28)18-13-24-21-19(20(18)23)15(2)25-27(21)17-9-11-26(12-10-17)14-16-7-5-4-6-8-16/h4-8,13,17H,3,9-12,14H2,1-2H3. The first-order valence-corrected chi connectivity index (χ1v) is 10.4. The van der Waals surface area contributed by atoms with Crippen LogP contribution in [0.4, 0.5) is 0 Å². The van der Waals surface area contributed by atoms with Crippen molar-refractivity contribution in [3.63, 3.8) is 0 Å². The van der Waals surface area contributed by atoms with Crippen LogP contribution in [0.5, 0.6) is 0 Å². The van der Waals surface area contributed by atoms with Crippen LogP contribution >= 0.6 is 11.6 Å². The molecule has 0 N–H and O–H groups in total. The quantitative estimate of drug-likeness (QED) is 0.581. The van der Waals surface area contributed by atoms with Gasteiger partial charge in [0.25, 0.3) is 0 Å². The highest BCUT2D eigenvalue weighted by atomic mass is 35.5. The molecular formula is C22H25ClN4O2. The zero-order chi connectivity index (χ0) is 20.4. The average Bonchev–Trinajstić information content (AvgIpc) is 3.07. The Morgan fingerprint density at radius 3 is 2.66 bits per heavy atom. The van der Waals surface area contributed by atoms with Gasteiger partial charge in [0, 0.05) is 25.8 Å². The summed E-state index contributed by atoms with van der Waals surface area (Å²) in [5.74, 6) is -0.451. The van der Waals surface area contributed by atoms with Crippen molar-refractivity contribution in [3.8, 4) is 0 Å². The van der Waals surface area contributed by atoms with Gasteiger partial charge < -0.3 is 4.74 Å². The lowest BCUT2D eigenvalue weighted by molar-refractivity contribution is 0.0526. The normalized spacial score (nSPS) is 15.7. The zero-order valence-electron chi connectivity index (χ0n) is 16.8. The van der Waals surface area contributed by atoms with Crippen LogP contribution in [0.3, 0.4) is 0 Å².